The van der Waals surface area contributed by atoms with Gasteiger partial charge in [0.25, 0.3) is 0 Å². The fraction of sp³-hybridized carbons (Fsp3) is 0.625. The van der Waals surface area contributed by atoms with E-state index in [-0.39, 0.29) is 11.6 Å². The lowest BCUT2D eigenvalue weighted by atomic mass is 10.1. The molecule has 1 saturated heterocycles. The first-order valence-electron chi connectivity index (χ1n) is 7.64. The molecule has 1 unspecified atom stereocenters. The molecule has 1 aromatic carbocycles. The molecule has 1 heterocycles. The average Bonchev–Trinajstić information content (AvgIpc) is 2.48. The highest BCUT2D eigenvalue weighted by molar-refractivity contribution is 6.74. The minimum atomic E-state index is -2.38. The van der Waals surface area contributed by atoms with Gasteiger partial charge in [0, 0.05) is 12.1 Å². The molecular weight excluding hydrogens is 282 g/mol. The third-order valence-corrected chi connectivity index (χ3v) is 8.66. The van der Waals surface area contributed by atoms with Crippen molar-refractivity contribution >= 4 is 8.32 Å². The highest BCUT2D eigenvalue weighted by atomic mass is 28.4. The van der Waals surface area contributed by atoms with Crippen LogP contribution in [0.3, 0.4) is 0 Å². The van der Waals surface area contributed by atoms with E-state index >= 15 is 0 Å². The van der Waals surface area contributed by atoms with Crippen LogP contribution in [0.15, 0.2) is 24.3 Å². The molecule has 2 N–H and O–H groups in total. The predicted octanol–water partition coefficient (Wildman–Crippen LogP) is 1.97. The fourth-order valence-corrected chi connectivity index (χ4v) is 7.37. The Morgan fingerprint density at radius 3 is 2.29 bits per heavy atom. The van der Waals surface area contributed by atoms with Crippen molar-refractivity contribution in [1.29, 1.82) is 0 Å². The Morgan fingerprint density at radius 1 is 1.24 bits per heavy atom. The topological polar surface area (TPSA) is 52.9 Å². The number of aliphatic hydroxyl groups excluding tert-OH is 1. The van der Waals surface area contributed by atoms with Crippen LogP contribution in [0.1, 0.15) is 23.9 Å². The molecule has 1 fully saturated rings. The van der Waals surface area contributed by atoms with Gasteiger partial charge in [-0.1, -0.05) is 12.1 Å². The van der Waals surface area contributed by atoms with Crippen molar-refractivity contribution in [3.8, 4) is 5.75 Å². The molecule has 2 rings (SSSR count). The maximum Gasteiger partial charge on any atom is 0.197 e. The SMILES string of the molecule is COc1ccc(C(CN(C)C)[Si]2(O)CCC(O)CC2)cc1. The van der Waals surface area contributed by atoms with E-state index in [0.29, 0.717) is 0 Å². The Morgan fingerprint density at radius 2 is 1.81 bits per heavy atom. The molecule has 21 heavy (non-hydrogen) atoms. The van der Waals surface area contributed by atoms with Gasteiger partial charge in [0.2, 0.25) is 0 Å². The molecule has 0 saturated carbocycles. The van der Waals surface area contributed by atoms with Crippen molar-refractivity contribution in [1.82, 2.24) is 4.90 Å². The molecule has 0 aromatic heterocycles. The summed E-state index contributed by atoms with van der Waals surface area (Å²) in [4.78, 5) is 13.4. The molecule has 1 aliphatic heterocycles. The summed E-state index contributed by atoms with van der Waals surface area (Å²) in [5.41, 5.74) is 1.38. The summed E-state index contributed by atoms with van der Waals surface area (Å²) < 4.78 is 5.22. The summed E-state index contributed by atoms with van der Waals surface area (Å²) in [6, 6.07) is 9.66. The number of ether oxygens (including phenoxy) is 1. The van der Waals surface area contributed by atoms with Gasteiger partial charge < -0.3 is 19.5 Å². The second-order valence-corrected chi connectivity index (χ2v) is 10.3. The van der Waals surface area contributed by atoms with Crippen LogP contribution in [0.4, 0.5) is 0 Å². The van der Waals surface area contributed by atoms with Gasteiger partial charge in [-0.3, -0.25) is 0 Å². The first kappa shape index (κ1) is 16.5. The molecule has 0 spiro atoms. The summed E-state index contributed by atoms with van der Waals surface area (Å²) in [7, 11) is 3.38. The zero-order valence-corrected chi connectivity index (χ0v) is 14.2. The van der Waals surface area contributed by atoms with Gasteiger partial charge >= 0.3 is 0 Å². The molecule has 0 radical (unpaired) electrons. The Bertz CT molecular complexity index is 441. The van der Waals surface area contributed by atoms with Gasteiger partial charge in [-0.2, -0.15) is 0 Å². The van der Waals surface area contributed by atoms with E-state index in [1.165, 1.54) is 5.56 Å². The minimum absolute atomic E-state index is 0.186. The minimum Gasteiger partial charge on any atom is -0.497 e. The zero-order chi connectivity index (χ0) is 15.5. The number of nitrogens with zero attached hydrogens (tertiary/aromatic N) is 1. The van der Waals surface area contributed by atoms with E-state index < -0.39 is 8.32 Å². The normalized spacial score (nSPS) is 27.6. The number of hydrogen-bond donors (Lipinski definition) is 2. The summed E-state index contributed by atoms with van der Waals surface area (Å²) in [6.45, 7) is 0.852. The van der Waals surface area contributed by atoms with E-state index in [0.717, 1.165) is 37.2 Å². The molecule has 1 atom stereocenters. The van der Waals surface area contributed by atoms with Crippen LogP contribution < -0.4 is 4.74 Å². The first-order valence-corrected chi connectivity index (χ1v) is 10.1. The predicted molar refractivity (Wildman–Crippen MR) is 87.1 cm³/mol. The van der Waals surface area contributed by atoms with Crippen LogP contribution in [0.2, 0.25) is 12.1 Å². The highest BCUT2D eigenvalue weighted by Gasteiger charge is 2.43. The number of likely N-dealkylation sites (N-methyl/N-ethyl adjacent to an activating group) is 1. The number of methoxy groups -OCH3 is 1. The van der Waals surface area contributed by atoms with Gasteiger partial charge in [-0.25, -0.2) is 0 Å². The van der Waals surface area contributed by atoms with Gasteiger partial charge in [0.05, 0.1) is 13.2 Å². The largest absolute Gasteiger partial charge is 0.497 e. The molecule has 0 bridgehead atoms. The third-order valence-electron chi connectivity index (χ3n) is 4.54. The van der Waals surface area contributed by atoms with Gasteiger partial charge in [-0.15, -0.1) is 0 Å². The lowest BCUT2D eigenvalue weighted by molar-refractivity contribution is 0.153. The highest BCUT2D eigenvalue weighted by Crippen LogP contribution is 2.38. The van der Waals surface area contributed by atoms with E-state index in [2.05, 4.69) is 17.0 Å². The quantitative estimate of drug-likeness (QED) is 0.817. The van der Waals surface area contributed by atoms with Crippen molar-refractivity contribution in [3.63, 3.8) is 0 Å². The number of aliphatic hydroxyl groups is 1. The van der Waals surface area contributed by atoms with Crippen LogP contribution in [0.5, 0.6) is 5.75 Å². The molecular formula is C16H27NO3Si. The van der Waals surface area contributed by atoms with Crippen LogP contribution in [-0.2, 0) is 0 Å². The van der Waals surface area contributed by atoms with Crippen LogP contribution >= 0.6 is 0 Å². The maximum atomic E-state index is 11.2. The molecule has 5 heteroatoms. The average molecular weight is 309 g/mol. The molecule has 0 aliphatic carbocycles. The van der Waals surface area contributed by atoms with Crippen molar-refractivity contribution < 1.29 is 14.6 Å². The van der Waals surface area contributed by atoms with E-state index in [4.69, 9.17) is 4.74 Å². The lowest BCUT2D eigenvalue weighted by Gasteiger charge is -2.39. The summed E-state index contributed by atoms with van der Waals surface area (Å²) in [6.07, 6.45) is 1.25. The Labute approximate surface area is 128 Å². The van der Waals surface area contributed by atoms with E-state index in [1.807, 2.05) is 26.2 Å². The van der Waals surface area contributed by atoms with Crippen molar-refractivity contribution in [2.75, 3.05) is 27.7 Å². The monoisotopic (exact) mass is 309 g/mol. The Hall–Kier alpha value is -0.883. The van der Waals surface area contributed by atoms with Gasteiger partial charge in [0.1, 0.15) is 5.75 Å². The molecule has 4 nitrogen and oxygen atoms in total. The zero-order valence-electron chi connectivity index (χ0n) is 13.2. The van der Waals surface area contributed by atoms with Crippen molar-refractivity contribution in [2.45, 2.75) is 36.6 Å². The lowest BCUT2D eigenvalue weighted by Crippen LogP contribution is -2.49. The fourth-order valence-electron chi connectivity index (χ4n) is 3.24. The first-order chi connectivity index (χ1) is 9.94. The maximum absolute atomic E-state index is 11.2. The van der Waals surface area contributed by atoms with Gasteiger partial charge in [0.15, 0.2) is 8.32 Å². The molecule has 0 amide bonds. The smallest absolute Gasteiger partial charge is 0.197 e. The molecule has 1 aliphatic rings. The molecule has 118 valence electrons. The number of hydrogen-bond acceptors (Lipinski definition) is 4. The van der Waals surface area contributed by atoms with Crippen LogP contribution in [-0.4, -0.2) is 57.0 Å². The second-order valence-electron chi connectivity index (χ2n) is 6.42. The third kappa shape index (κ3) is 4.07. The van der Waals surface area contributed by atoms with Crippen molar-refractivity contribution in [2.24, 2.45) is 0 Å². The van der Waals surface area contributed by atoms with Crippen LogP contribution in [0, 0.1) is 0 Å². The van der Waals surface area contributed by atoms with E-state index in [1.54, 1.807) is 7.11 Å². The number of rotatable bonds is 5. The molecule has 1 aromatic rings. The Balaban J connectivity index is 2.24. The Kier molecular flexibility index (Phi) is 5.43. The standard InChI is InChI=1S/C16H27NO3Si/c1-17(2)12-16(13-4-6-15(20-3)7-5-13)21(19)10-8-14(18)9-11-21/h4-7,14,16,18-19H,8-12H2,1-3H3. The summed E-state index contributed by atoms with van der Waals surface area (Å²) in [5, 5.41) is 9.73. The van der Waals surface area contributed by atoms with Crippen LogP contribution in [0.25, 0.3) is 0 Å². The summed E-state index contributed by atoms with van der Waals surface area (Å²) >= 11 is 0. The second kappa shape index (κ2) is 6.92. The van der Waals surface area contributed by atoms with Gasteiger partial charge in [-0.05, 0) is 56.7 Å². The van der Waals surface area contributed by atoms with Crippen molar-refractivity contribution in [3.05, 3.63) is 29.8 Å². The summed E-state index contributed by atoms with van der Waals surface area (Å²) in [5.74, 6) is 0.843. The van der Waals surface area contributed by atoms with E-state index in [9.17, 15) is 9.90 Å². The number of benzene rings is 1.